The molecule has 2 fully saturated rings. The molecule has 118 valence electrons. The minimum atomic E-state index is -0.00502. The molecule has 3 aliphatic heterocycles. The molecule has 0 spiro atoms. The summed E-state index contributed by atoms with van der Waals surface area (Å²) in [5.74, 6) is 1.63. The first kappa shape index (κ1) is 14.0. The molecule has 0 radical (unpaired) electrons. The summed E-state index contributed by atoms with van der Waals surface area (Å²) in [7, 11) is 0. The lowest BCUT2D eigenvalue weighted by atomic mass is 10.1. The second kappa shape index (κ2) is 6.26. The van der Waals surface area contributed by atoms with Gasteiger partial charge in [0.2, 0.25) is 0 Å². The number of hydrogen-bond acceptors (Lipinski definition) is 5. The molecule has 1 atom stereocenters. The van der Waals surface area contributed by atoms with Crippen molar-refractivity contribution in [2.45, 2.75) is 19.3 Å². The topological polar surface area (TPSA) is 37.3 Å². The summed E-state index contributed by atoms with van der Waals surface area (Å²) < 4.78 is 11.3. The first-order valence-electron chi connectivity index (χ1n) is 8.21. The quantitative estimate of drug-likeness (QED) is 0.849. The van der Waals surface area contributed by atoms with E-state index in [4.69, 9.17) is 14.5 Å². The second-order valence-electron chi connectivity index (χ2n) is 6.19. The largest absolute Gasteiger partial charge is 0.350 e. The van der Waals surface area contributed by atoms with Gasteiger partial charge in [-0.25, -0.2) is 0 Å². The minimum absolute atomic E-state index is 0.00502. The maximum absolute atomic E-state index is 5.67. The SMILES string of the molecule is c1ccc(CN2CCN=C2N2CCC(C3OCCO3)C2)cc1. The van der Waals surface area contributed by atoms with Crippen molar-refractivity contribution in [3.05, 3.63) is 35.9 Å². The Balaban J connectivity index is 1.39. The third-order valence-electron chi connectivity index (χ3n) is 4.66. The molecule has 5 nitrogen and oxygen atoms in total. The van der Waals surface area contributed by atoms with Crippen molar-refractivity contribution in [2.75, 3.05) is 39.4 Å². The normalized spacial score (nSPS) is 26.0. The van der Waals surface area contributed by atoms with E-state index in [1.165, 1.54) is 5.56 Å². The third kappa shape index (κ3) is 2.83. The molecule has 4 rings (SSSR count). The Morgan fingerprint density at radius 2 is 1.91 bits per heavy atom. The summed E-state index contributed by atoms with van der Waals surface area (Å²) in [6.07, 6.45) is 1.12. The molecular weight excluding hydrogens is 278 g/mol. The molecule has 0 N–H and O–H groups in total. The summed E-state index contributed by atoms with van der Waals surface area (Å²) in [6, 6.07) is 10.6. The molecule has 5 heteroatoms. The van der Waals surface area contributed by atoms with Gasteiger partial charge in [0.25, 0.3) is 0 Å². The van der Waals surface area contributed by atoms with E-state index in [9.17, 15) is 0 Å². The maximum Gasteiger partial charge on any atom is 0.197 e. The molecule has 3 heterocycles. The maximum atomic E-state index is 5.67. The predicted octanol–water partition coefficient (Wildman–Crippen LogP) is 1.55. The number of likely N-dealkylation sites (tertiary alicyclic amines) is 1. The van der Waals surface area contributed by atoms with Crippen LogP contribution in [0, 0.1) is 5.92 Å². The summed E-state index contributed by atoms with van der Waals surface area (Å²) >= 11 is 0. The van der Waals surface area contributed by atoms with Crippen LogP contribution in [0.5, 0.6) is 0 Å². The van der Waals surface area contributed by atoms with Crippen LogP contribution in [0.2, 0.25) is 0 Å². The fourth-order valence-electron chi connectivity index (χ4n) is 3.56. The minimum Gasteiger partial charge on any atom is -0.350 e. The van der Waals surface area contributed by atoms with Crippen LogP contribution in [0.1, 0.15) is 12.0 Å². The number of nitrogens with zero attached hydrogens (tertiary/aromatic N) is 3. The van der Waals surface area contributed by atoms with Crippen molar-refractivity contribution in [1.82, 2.24) is 9.80 Å². The average Bonchev–Trinajstić information content (AvgIpc) is 3.29. The van der Waals surface area contributed by atoms with E-state index in [1.807, 2.05) is 0 Å². The smallest absolute Gasteiger partial charge is 0.197 e. The zero-order valence-electron chi connectivity index (χ0n) is 12.9. The zero-order valence-corrected chi connectivity index (χ0v) is 12.9. The van der Waals surface area contributed by atoms with Gasteiger partial charge in [-0.15, -0.1) is 0 Å². The van der Waals surface area contributed by atoms with Crippen LogP contribution < -0.4 is 0 Å². The fraction of sp³-hybridized carbons (Fsp3) is 0.588. The Kier molecular flexibility index (Phi) is 3.99. The second-order valence-corrected chi connectivity index (χ2v) is 6.19. The van der Waals surface area contributed by atoms with Gasteiger partial charge in [0.05, 0.1) is 19.8 Å². The van der Waals surface area contributed by atoms with Crippen LogP contribution in [-0.2, 0) is 16.0 Å². The van der Waals surface area contributed by atoms with E-state index in [-0.39, 0.29) is 6.29 Å². The van der Waals surface area contributed by atoms with Crippen LogP contribution in [0.25, 0.3) is 0 Å². The molecule has 1 aromatic carbocycles. The van der Waals surface area contributed by atoms with E-state index in [0.29, 0.717) is 5.92 Å². The van der Waals surface area contributed by atoms with Crippen LogP contribution in [-0.4, -0.2) is 61.4 Å². The van der Waals surface area contributed by atoms with Gasteiger partial charge in [-0.1, -0.05) is 30.3 Å². The highest BCUT2D eigenvalue weighted by molar-refractivity contribution is 5.82. The molecule has 0 amide bonds. The molecule has 22 heavy (non-hydrogen) atoms. The van der Waals surface area contributed by atoms with Crippen molar-refractivity contribution < 1.29 is 9.47 Å². The molecular formula is C17H23N3O2. The van der Waals surface area contributed by atoms with Crippen molar-refractivity contribution in [1.29, 1.82) is 0 Å². The van der Waals surface area contributed by atoms with E-state index >= 15 is 0 Å². The zero-order chi connectivity index (χ0) is 14.8. The van der Waals surface area contributed by atoms with Gasteiger partial charge < -0.3 is 19.3 Å². The summed E-state index contributed by atoms with van der Waals surface area (Å²) in [5, 5.41) is 0. The number of rotatable bonds is 3. The van der Waals surface area contributed by atoms with Crippen LogP contribution in [0.3, 0.4) is 0 Å². The third-order valence-corrected chi connectivity index (χ3v) is 4.66. The lowest BCUT2D eigenvalue weighted by Crippen LogP contribution is -2.41. The van der Waals surface area contributed by atoms with E-state index in [2.05, 4.69) is 40.1 Å². The van der Waals surface area contributed by atoms with E-state index < -0.39 is 0 Å². The Labute approximate surface area is 131 Å². The van der Waals surface area contributed by atoms with Gasteiger partial charge in [-0.05, 0) is 12.0 Å². The van der Waals surface area contributed by atoms with E-state index in [0.717, 1.165) is 58.3 Å². The van der Waals surface area contributed by atoms with Crippen molar-refractivity contribution in [3.63, 3.8) is 0 Å². The number of hydrogen-bond donors (Lipinski definition) is 0. The van der Waals surface area contributed by atoms with Gasteiger partial charge in [0.1, 0.15) is 0 Å². The number of benzene rings is 1. The first-order chi connectivity index (χ1) is 10.9. The first-order valence-corrected chi connectivity index (χ1v) is 8.21. The molecule has 1 unspecified atom stereocenters. The average molecular weight is 301 g/mol. The summed E-state index contributed by atoms with van der Waals surface area (Å²) in [4.78, 5) is 9.55. The molecule has 0 aliphatic carbocycles. The van der Waals surface area contributed by atoms with Gasteiger partial charge in [-0.2, -0.15) is 0 Å². The molecule has 0 bridgehead atoms. The van der Waals surface area contributed by atoms with Crippen LogP contribution in [0.15, 0.2) is 35.3 Å². The molecule has 2 saturated heterocycles. The molecule has 0 saturated carbocycles. The lowest BCUT2D eigenvalue weighted by Gasteiger charge is -2.28. The molecule has 0 aromatic heterocycles. The summed E-state index contributed by atoms with van der Waals surface area (Å²) in [6.45, 7) is 6.39. The fourth-order valence-corrected chi connectivity index (χ4v) is 3.56. The van der Waals surface area contributed by atoms with E-state index in [1.54, 1.807) is 0 Å². The van der Waals surface area contributed by atoms with Gasteiger partial charge >= 0.3 is 0 Å². The Morgan fingerprint density at radius 1 is 1.09 bits per heavy atom. The van der Waals surface area contributed by atoms with Crippen molar-refractivity contribution in [2.24, 2.45) is 10.9 Å². The number of guanidine groups is 1. The molecule has 3 aliphatic rings. The predicted molar refractivity (Wildman–Crippen MR) is 84.5 cm³/mol. The Hall–Kier alpha value is -1.59. The van der Waals surface area contributed by atoms with Crippen LogP contribution >= 0.6 is 0 Å². The summed E-state index contributed by atoms with van der Waals surface area (Å²) in [5.41, 5.74) is 1.34. The Morgan fingerprint density at radius 3 is 2.73 bits per heavy atom. The lowest BCUT2D eigenvalue weighted by molar-refractivity contribution is -0.0790. The molecule has 1 aromatic rings. The number of aliphatic imine (C=N–C) groups is 1. The monoisotopic (exact) mass is 301 g/mol. The van der Waals surface area contributed by atoms with Gasteiger partial charge in [0, 0.05) is 32.1 Å². The highest BCUT2D eigenvalue weighted by Crippen LogP contribution is 2.26. The van der Waals surface area contributed by atoms with Crippen molar-refractivity contribution in [3.8, 4) is 0 Å². The highest BCUT2D eigenvalue weighted by Gasteiger charge is 2.36. The van der Waals surface area contributed by atoms with Gasteiger partial charge in [-0.3, -0.25) is 4.99 Å². The Bertz CT molecular complexity index is 528. The standard InChI is InChI=1S/C17H23N3O2/c1-2-4-14(5-3-1)12-20-9-7-18-17(20)19-8-6-15(13-19)16-21-10-11-22-16/h1-5,15-16H,6-13H2. The number of ether oxygens (including phenoxy) is 2. The highest BCUT2D eigenvalue weighted by atomic mass is 16.7. The van der Waals surface area contributed by atoms with Gasteiger partial charge in [0.15, 0.2) is 12.2 Å². The van der Waals surface area contributed by atoms with Crippen molar-refractivity contribution >= 4 is 5.96 Å². The van der Waals surface area contributed by atoms with Crippen LogP contribution in [0.4, 0.5) is 0 Å².